The first-order chi connectivity index (χ1) is 8.28. The van der Waals surface area contributed by atoms with Gasteiger partial charge >= 0.3 is 0 Å². The number of hydrogen-bond donors (Lipinski definition) is 2. The predicted molar refractivity (Wildman–Crippen MR) is 68.2 cm³/mol. The number of nitrogens with two attached hydrogens (primary N) is 1. The molecule has 0 amide bonds. The van der Waals surface area contributed by atoms with Gasteiger partial charge in [-0.25, -0.2) is 0 Å². The molecule has 1 fully saturated rings. The minimum Gasteiger partial charge on any atom is -0.493 e. The summed E-state index contributed by atoms with van der Waals surface area (Å²) in [7, 11) is 0. The van der Waals surface area contributed by atoms with E-state index in [2.05, 4.69) is 5.43 Å². The molecule has 0 aromatic heterocycles. The largest absolute Gasteiger partial charge is 0.493 e. The minimum absolute atomic E-state index is 0.349. The van der Waals surface area contributed by atoms with Gasteiger partial charge in [-0.2, -0.15) is 0 Å². The Kier molecular flexibility index (Phi) is 2.99. The number of halogens is 1. The number of hydrazine groups is 1. The maximum atomic E-state index is 6.14. The molecule has 0 bridgehead atoms. The second kappa shape index (κ2) is 4.48. The van der Waals surface area contributed by atoms with Gasteiger partial charge in [0.2, 0.25) is 0 Å². The van der Waals surface area contributed by atoms with Crippen LogP contribution < -0.4 is 16.0 Å². The molecule has 17 heavy (non-hydrogen) atoms. The molecule has 0 spiro atoms. The van der Waals surface area contributed by atoms with Crippen LogP contribution in [-0.4, -0.2) is 12.6 Å². The first-order valence-electron chi connectivity index (χ1n) is 6.18. The third kappa shape index (κ3) is 2.28. The van der Waals surface area contributed by atoms with Gasteiger partial charge in [0.1, 0.15) is 5.75 Å². The first kappa shape index (κ1) is 11.3. The van der Waals surface area contributed by atoms with Crippen LogP contribution in [0.25, 0.3) is 0 Å². The Labute approximate surface area is 106 Å². The second-order valence-corrected chi connectivity index (χ2v) is 5.40. The van der Waals surface area contributed by atoms with Gasteiger partial charge in [0.05, 0.1) is 6.61 Å². The van der Waals surface area contributed by atoms with Gasteiger partial charge in [-0.3, -0.25) is 11.3 Å². The van der Waals surface area contributed by atoms with E-state index < -0.39 is 0 Å². The predicted octanol–water partition coefficient (Wildman–Crippen LogP) is 2.06. The van der Waals surface area contributed by atoms with Crippen LogP contribution in [-0.2, 0) is 12.8 Å². The summed E-state index contributed by atoms with van der Waals surface area (Å²) in [5.41, 5.74) is 5.35. The van der Waals surface area contributed by atoms with E-state index in [-0.39, 0.29) is 0 Å². The summed E-state index contributed by atoms with van der Waals surface area (Å²) < 4.78 is 5.70. The molecule has 0 saturated heterocycles. The maximum Gasteiger partial charge on any atom is 0.125 e. The van der Waals surface area contributed by atoms with Gasteiger partial charge < -0.3 is 4.74 Å². The van der Waals surface area contributed by atoms with E-state index in [1.54, 1.807) is 0 Å². The molecular formula is C13H17ClN2O. The highest BCUT2D eigenvalue weighted by Crippen LogP contribution is 2.38. The third-order valence-electron chi connectivity index (χ3n) is 3.67. The fourth-order valence-electron chi connectivity index (χ4n) is 2.59. The van der Waals surface area contributed by atoms with E-state index in [1.165, 1.54) is 24.0 Å². The number of hydrogen-bond acceptors (Lipinski definition) is 3. The SMILES string of the molecule is NNC(Cc1cc(Cl)cc2c1OCC2)C1CC1. The lowest BCUT2D eigenvalue weighted by Crippen LogP contribution is -2.38. The van der Waals surface area contributed by atoms with Crippen LogP contribution in [0.2, 0.25) is 5.02 Å². The average molecular weight is 253 g/mol. The third-order valence-corrected chi connectivity index (χ3v) is 3.89. The summed E-state index contributed by atoms with van der Waals surface area (Å²) in [4.78, 5) is 0. The first-order valence-corrected chi connectivity index (χ1v) is 6.56. The van der Waals surface area contributed by atoms with Gasteiger partial charge in [0.25, 0.3) is 0 Å². The molecule has 1 unspecified atom stereocenters. The number of fused-ring (bicyclic) bond motifs is 1. The quantitative estimate of drug-likeness (QED) is 0.637. The van der Waals surface area contributed by atoms with Gasteiger partial charge in [-0.05, 0) is 48.4 Å². The van der Waals surface area contributed by atoms with Crippen LogP contribution in [0.5, 0.6) is 5.75 Å². The Hall–Kier alpha value is -0.770. The summed E-state index contributed by atoms with van der Waals surface area (Å²) in [5, 5.41) is 0.802. The zero-order valence-electron chi connectivity index (χ0n) is 9.71. The summed E-state index contributed by atoms with van der Waals surface area (Å²) >= 11 is 6.14. The van der Waals surface area contributed by atoms with Crippen molar-refractivity contribution in [1.29, 1.82) is 0 Å². The fourth-order valence-corrected chi connectivity index (χ4v) is 2.86. The Morgan fingerprint density at radius 2 is 2.29 bits per heavy atom. The molecule has 92 valence electrons. The molecule has 4 heteroatoms. The summed E-state index contributed by atoms with van der Waals surface area (Å²) in [6.45, 7) is 0.771. The molecule has 2 aliphatic rings. The number of ether oxygens (including phenoxy) is 1. The number of rotatable bonds is 4. The van der Waals surface area contributed by atoms with Crippen LogP contribution in [0.15, 0.2) is 12.1 Å². The maximum absolute atomic E-state index is 6.14. The monoisotopic (exact) mass is 252 g/mol. The van der Waals surface area contributed by atoms with E-state index in [1.807, 2.05) is 12.1 Å². The number of benzene rings is 1. The molecule has 3 nitrogen and oxygen atoms in total. The molecule has 1 aliphatic carbocycles. The van der Waals surface area contributed by atoms with Crippen molar-refractivity contribution in [3.8, 4) is 5.75 Å². The molecule has 1 aromatic carbocycles. The van der Waals surface area contributed by atoms with Gasteiger partial charge in [-0.15, -0.1) is 0 Å². The van der Waals surface area contributed by atoms with Crippen molar-refractivity contribution in [2.45, 2.75) is 31.7 Å². The summed E-state index contributed by atoms with van der Waals surface area (Å²) in [6, 6.07) is 4.37. The molecule has 1 heterocycles. The van der Waals surface area contributed by atoms with E-state index >= 15 is 0 Å². The summed E-state index contributed by atoms with van der Waals surface area (Å²) in [5.74, 6) is 7.38. The van der Waals surface area contributed by atoms with Gasteiger partial charge in [-0.1, -0.05) is 11.6 Å². The lowest BCUT2D eigenvalue weighted by Gasteiger charge is -2.17. The highest BCUT2D eigenvalue weighted by atomic mass is 35.5. The Morgan fingerprint density at radius 1 is 1.47 bits per heavy atom. The lowest BCUT2D eigenvalue weighted by molar-refractivity contribution is 0.350. The van der Waals surface area contributed by atoms with Crippen molar-refractivity contribution in [2.75, 3.05) is 6.61 Å². The van der Waals surface area contributed by atoms with Crippen molar-refractivity contribution < 1.29 is 4.74 Å². The van der Waals surface area contributed by atoms with Crippen LogP contribution >= 0.6 is 11.6 Å². The molecular weight excluding hydrogens is 236 g/mol. The van der Waals surface area contributed by atoms with Crippen LogP contribution in [0.4, 0.5) is 0 Å². The number of nitrogens with one attached hydrogen (secondary N) is 1. The van der Waals surface area contributed by atoms with Crippen molar-refractivity contribution in [1.82, 2.24) is 5.43 Å². The molecule has 1 aliphatic heterocycles. The Balaban J connectivity index is 1.86. The van der Waals surface area contributed by atoms with Crippen molar-refractivity contribution in [2.24, 2.45) is 11.8 Å². The van der Waals surface area contributed by atoms with Gasteiger partial charge in [0.15, 0.2) is 0 Å². The molecule has 1 atom stereocenters. The Bertz CT molecular complexity index is 432. The zero-order chi connectivity index (χ0) is 11.8. The standard InChI is InChI=1S/C13H17ClN2O/c14-11-5-9-3-4-17-13(9)10(6-11)7-12(16-15)8-1-2-8/h5-6,8,12,16H,1-4,7,15H2. The van der Waals surface area contributed by atoms with Crippen molar-refractivity contribution >= 4 is 11.6 Å². The zero-order valence-corrected chi connectivity index (χ0v) is 10.5. The topological polar surface area (TPSA) is 47.3 Å². The highest BCUT2D eigenvalue weighted by molar-refractivity contribution is 6.30. The van der Waals surface area contributed by atoms with E-state index in [0.717, 1.165) is 36.1 Å². The molecule has 3 rings (SSSR count). The smallest absolute Gasteiger partial charge is 0.125 e. The normalized spacial score (nSPS) is 19.9. The van der Waals surface area contributed by atoms with E-state index in [0.29, 0.717) is 6.04 Å². The molecule has 3 N–H and O–H groups in total. The lowest BCUT2D eigenvalue weighted by atomic mass is 9.99. The molecule has 0 radical (unpaired) electrons. The average Bonchev–Trinajstić information content (AvgIpc) is 3.04. The minimum atomic E-state index is 0.349. The molecule has 1 saturated carbocycles. The van der Waals surface area contributed by atoms with Gasteiger partial charge in [0, 0.05) is 17.5 Å². The second-order valence-electron chi connectivity index (χ2n) is 4.97. The highest BCUT2D eigenvalue weighted by Gasteiger charge is 2.31. The van der Waals surface area contributed by atoms with Crippen molar-refractivity contribution in [3.05, 3.63) is 28.3 Å². The summed E-state index contributed by atoms with van der Waals surface area (Å²) in [6.07, 6.45) is 4.42. The van der Waals surface area contributed by atoms with Crippen LogP contribution in [0.1, 0.15) is 24.0 Å². The van der Waals surface area contributed by atoms with E-state index in [9.17, 15) is 0 Å². The fraction of sp³-hybridized carbons (Fsp3) is 0.538. The van der Waals surface area contributed by atoms with Crippen LogP contribution in [0.3, 0.4) is 0 Å². The van der Waals surface area contributed by atoms with Crippen LogP contribution in [0, 0.1) is 5.92 Å². The van der Waals surface area contributed by atoms with Crippen molar-refractivity contribution in [3.63, 3.8) is 0 Å². The Morgan fingerprint density at radius 3 is 3.00 bits per heavy atom. The van der Waals surface area contributed by atoms with E-state index in [4.69, 9.17) is 22.2 Å². The molecule has 1 aromatic rings.